The number of hydrogen-bond donors (Lipinski definition) is 3. The Morgan fingerprint density at radius 2 is 2.17 bits per heavy atom. The molecule has 0 amide bonds. The first-order chi connectivity index (χ1) is 8.79. The van der Waals surface area contributed by atoms with Crippen molar-refractivity contribution in [3.05, 3.63) is 24.3 Å². The molecule has 0 aromatic heterocycles. The molecule has 1 atom stereocenters. The molecule has 0 spiro atoms. The number of benzene rings is 1. The largest absolute Gasteiger partial charge is 0.508 e. The van der Waals surface area contributed by atoms with Gasteiger partial charge < -0.3 is 20.9 Å². The topological polar surface area (TPSA) is 67.5 Å². The van der Waals surface area contributed by atoms with Crippen molar-refractivity contribution in [2.75, 3.05) is 26.2 Å². The normalized spacial score (nSPS) is 18.5. The van der Waals surface area contributed by atoms with Crippen LogP contribution in [0.4, 0.5) is 0 Å². The van der Waals surface area contributed by atoms with Gasteiger partial charge >= 0.3 is 0 Å². The molecule has 4 N–H and O–H groups in total. The predicted octanol–water partition coefficient (Wildman–Crippen LogP) is 1.35. The summed E-state index contributed by atoms with van der Waals surface area (Å²) in [5.41, 5.74) is 5.85. The minimum absolute atomic E-state index is 0.235. The number of aromatic hydroxyl groups is 1. The van der Waals surface area contributed by atoms with E-state index < -0.39 is 0 Å². The van der Waals surface area contributed by atoms with E-state index in [0.29, 0.717) is 30.7 Å². The van der Waals surface area contributed by atoms with E-state index in [1.165, 1.54) is 12.8 Å². The van der Waals surface area contributed by atoms with Crippen molar-refractivity contribution in [2.45, 2.75) is 12.8 Å². The van der Waals surface area contributed by atoms with Gasteiger partial charge in [-0.15, -0.1) is 0 Å². The van der Waals surface area contributed by atoms with Gasteiger partial charge in [0, 0.05) is 12.0 Å². The molecule has 1 aromatic carbocycles. The standard InChI is InChI=1S/C14H22N2O2/c15-9-12(11-4-6-16-7-5-11)10-18-14-3-1-2-13(17)8-14/h1-3,8,11-12,16-17H,4-7,9-10,15H2. The first-order valence-electron chi connectivity index (χ1n) is 6.62. The van der Waals surface area contributed by atoms with E-state index in [4.69, 9.17) is 10.5 Å². The van der Waals surface area contributed by atoms with Crippen LogP contribution in [0.2, 0.25) is 0 Å². The lowest BCUT2D eigenvalue weighted by atomic mass is 9.85. The van der Waals surface area contributed by atoms with Gasteiger partial charge in [0.15, 0.2) is 0 Å². The Kier molecular flexibility index (Phi) is 4.84. The van der Waals surface area contributed by atoms with E-state index in [2.05, 4.69) is 5.32 Å². The Bertz CT molecular complexity index is 365. The predicted molar refractivity (Wildman–Crippen MR) is 71.7 cm³/mol. The molecule has 0 saturated carbocycles. The highest BCUT2D eigenvalue weighted by Gasteiger charge is 2.22. The van der Waals surface area contributed by atoms with Gasteiger partial charge in [0.2, 0.25) is 0 Å². The molecular formula is C14H22N2O2. The summed E-state index contributed by atoms with van der Waals surface area (Å²) in [6, 6.07) is 6.92. The zero-order chi connectivity index (χ0) is 12.8. The second kappa shape index (κ2) is 6.61. The number of nitrogens with two attached hydrogens (primary N) is 1. The molecule has 0 aliphatic carbocycles. The molecular weight excluding hydrogens is 228 g/mol. The first-order valence-corrected chi connectivity index (χ1v) is 6.62. The highest BCUT2D eigenvalue weighted by atomic mass is 16.5. The maximum absolute atomic E-state index is 9.37. The quantitative estimate of drug-likeness (QED) is 0.738. The highest BCUT2D eigenvalue weighted by molar-refractivity contribution is 5.31. The second-order valence-electron chi connectivity index (χ2n) is 4.89. The third-order valence-corrected chi connectivity index (χ3v) is 3.63. The molecule has 1 unspecified atom stereocenters. The van der Waals surface area contributed by atoms with E-state index >= 15 is 0 Å². The van der Waals surface area contributed by atoms with Crippen molar-refractivity contribution in [1.29, 1.82) is 0 Å². The van der Waals surface area contributed by atoms with Gasteiger partial charge in [0.25, 0.3) is 0 Å². The number of ether oxygens (including phenoxy) is 1. The number of nitrogens with one attached hydrogen (secondary N) is 1. The van der Waals surface area contributed by atoms with Gasteiger partial charge in [0.1, 0.15) is 11.5 Å². The van der Waals surface area contributed by atoms with Crippen molar-refractivity contribution in [3.63, 3.8) is 0 Å². The van der Waals surface area contributed by atoms with Crippen LogP contribution in [0.3, 0.4) is 0 Å². The number of rotatable bonds is 5. The third-order valence-electron chi connectivity index (χ3n) is 3.63. The van der Waals surface area contributed by atoms with Crippen LogP contribution in [0.1, 0.15) is 12.8 Å². The van der Waals surface area contributed by atoms with Crippen LogP contribution in [-0.2, 0) is 0 Å². The molecule has 4 nitrogen and oxygen atoms in total. The zero-order valence-electron chi connectivity index (χ0n) is 10.6. The fraction of sp³-hybridized carbons (Fsp3) is 0.571. The molecule has 4 heteroatoms. The Hall–Kier alpha value is -1.26. The Morgan fingerprint density at radius 3 is 2.83 bits per heavy atom. The lowest BCUT2D eigenvalue weighted by molar-refractivity contribution is 0.172. The molecule has 2 rings (SSSR count). The maximum Gasteiger partial charge on any atom is 0.122 e. The number of piperidine rings is 1. The van der Waals surface area contributed by atoms with Crippen molar-refractivity contribution >= 4 is 0 Å². The van der Waals surface area contributed by atoms with E-state index in [0.717, 1.165) is 13.1 Å². The SMILES string of the molecule is NCC(COc1cccc(O)c1)C1CCNCC1. The molecule has 1 aromatic rings. The number of hydrogen-bond acceptors (Lipinski definition) is 4. The summed E-state index contributed by atoms with van der Waals surface area (Å²) >= 11 is 0. The Morgan fingerprint density at radius 1 is 1.39 bits per heavy atom. The number of phenols is 1. The van der Waals surface area contributed by atoms with Crippen LogP contribution in [0, 0.1) is 11.8 Å². The smallest absolute Gasteiger partial charge is 0.122 e. The average molecular weight is 250 g/mol. The van der Waals surface area contributed by atoms with Crippen LogP contribution in [0.15, 0.2) is 24.3 Å². The fourth-order valence-corrected chi connectivity index (χ4v) is 2.49. The average Bonchev–Trinajstić information content (AvgIpc) is 2.41. The lowest BCUT2D eigenvalue weighted by Gasteiger charge is -2.29. The van der Waals surface area contributed by atoms with Crippen molar-refractivity contribution in [3.8, 4) is 11.5 Å². The van der Waals surface area contributed by atoms with Crippen molar-refractivity contribution in [1.82, 2.24) is 5.32 Å². The summed E-state index contributed by atoms with van der Waals surface area (Å²) in [6.45, 7) is 3.44. The first kappa shape index (κ1) is 13.2. The van der Waals surface area contributed by atoms with Gasteiger partial charge in [-0.2, -0.15) is 0 Å². The molecule has 1 saturated heterocycles. The summed E-state index contributed by atoms with van der Waals surface area (Å²) in [5, 5.41) is 12.7. The summed E-state index contributed by atoms with van der Waals surface area (Å²) in [5.74, 6) is 1.99. The van der Waals surface area contributed by atoms with Crippen LogP contribution in [-0.4, -0.2) is 31.3 Å². The van der Waals surface area contributed by atoms with Gasteiger partial charge in [-0.05, 0) is 50.5 Å². The summed E-state index contributed by atoms with van der Waals surface area (Å²) in [6.07, 6.45) is 2.34. The third kappa shape index (κ3) is 3.62. The maximum atomic E-state index is 9.37. The van der Waals surface area contributed by atoms with Crippen molar-refractivity contribution in [2.24, 2.45) is 17.6 Å². The number of phenolic OH excluding ortho intramolecular Hbond substituents is 1. The molecule has 0 radical (unpaired) electrons. The zero-order valence-corrected chi connectivity index (χ0v) is 10.6. The molecule has 1 aliphatic heterocycles. The molecule has 18 heavy (non-hydrogen) atoms. The summed E-state index contributed by atoms with van der Waals surface area (Å²) in [4.78, 5) is 0. The van der Waals surface area contributed by atoms with E-state index in [1.54, 1.807) is 18.2 Å². The fourth-order valence-electron chi connectivity index (χ4n) is 2.49. The van der Waals surface area contributed by atoms with Gasteiger partial charge in [-0.25, -0.2) is 0 Å². The molecule has 100 valence electrons. The highest BCUT2D eigenvalue weighted by Crippen LogP contribution is 2.23. The van der Waals surface area contributed by atoms with Gasteiger partial charge in [-0.1, -0.05) is 6.07 Å². The lowest BCUT2D eigenvalue weighted by Crippen LogP contribution is -2.37. The minimum atomic E-state index is 0.235. The van der Waals surface area contributed by atoms with Crippen LogP contribution >= 0.6 is 0 Å². The van der Waals surface area contributed by atoms with Crippen molar-refractivity contribution < 1.29 is 9.84 Å². The summed E-state index contributed by atoms with van der Waals surface area (Å²) < 4.78 is 5.73. The Labute approximate surface area is 108 Å². The molecule has 1 aliphatic rings. The Balaban J connectivity index is 1.86. The van der Waals surface area contributed by atoms with Crippen LogP contribution in [0.25, 0.3) is 0 Å². The van der Waals surface area contributed by atoms with Crippen LogP contribution in [0.5, 0.6) is 11.5 Å². The summed E-state index contributed by atoms with van der Waals surface area (Å²) in [7, 11) is 0. The molecule has 1 fully saturated rings. The molecule has 0 bridgehead atoms. The minimum Gasteiger partial charge on any atom is -0.508 e. The second-order valence-corrected chi connectivity index (χ2v) is 4.89. The van der Waals surface area contributed by atoms with Gasteiger partial charge in [-0.3, -0.25) is 0 Å². The van der Waals surface area contributed by atoms with Gasteiger partial charge in [0.05, 0.1) is 6.61 Å². The van der Waals surface area contributed by atoms with Crippen LogP contribution < -0.4 is 15.8 Å². The van der Waals surface area contributed by atoms with E-state index in [9.17, 15) is 5.11 Å². The van der Waals surface area contributed by atoms with E-state index in [-0.39, 0.29) is 5.75 Å². The monoisotopic (exact) mass is 250 g/mol. The van der Waals surface area contributed by atoms with E-state index in [1.807, 2.05) is 6.07 Å². The molecule has 1 heterocycles.